The summed E-state index contributed by atoms with van der Waals surface area (Å²) < 4.78 is 11.2. The van der Waals surface area contributed by atoms with Crippen LogP contribution in [-0.2, 0) is 14.3 Å². The average Bonchev–Trinajstić information content (AvgIpc) is 2.89. The summed E-state index contributed by atoms with van der Waals surface area (Å²) in [6.45, 7) is 3.18. The van der Waals surface area contributed by atoms with E-state index in [1.165, 1.54) is 6.08 Å². The van der Waals surface area contributed by atoms with E-state index in [0.717, 1.165) is 48.8 Å². The molecule has 7 nitrogen and oxygen atoms in total. The lowest BCUT2D eigenvalue weighted by atomic mass is 10.1. The Kier molecular flexibility index (Phi) is 6.59. The number of amides is 2. The molecule has 2 N–H and O–H groups in total. The van der Waals surface area contributed by atoms with Crippen LogP contribution < -0.4 is 20.3 Å². The van der Waals surface area contributed by atoms with Gasteiger partial charge in [-0.05, 0) is 59.7 Å². The molecule has 0 spiro atoms. The second-order valence-electron chi connectivity index (χ2n) is 8.16. The van der Waals surface area contributed by atoms with Gasteiger partial charge >= 0.3 is 0 Å². The number of carbonyl (C=O) groups is 2. The van der Waals surface area contributed by atoms with Crippen molar-refractivity contribution in [3.05, 3.63) is 95.8 Å². The van der Waals surface area contributed by atoms with Crippen LogP contribution in [0.5, 0.6) is 5.75 Å². The van der Waals surface area contributed by atoms with Gasteiger partial charge in [0, 0.05) is 30.5 Å². The highest BCUT2D eigenvalue weighted by Crippen LogP contribution is 2.31. The van der Waals surface area contributed by atoms with Crippen molar-refractivity contribution < 1.29 is 19.1 Å². The van der Waals surface area contributed by atoms with E-state index in [9.17, 15) is 9.59 Å². The van der Waals surface area contributed by atoms with Gasteiger partial charge in [-0.2, -0.15) is 0 Å². The summed E-state index contributed by atoms with van der Waals surface area (Å²) >= 11 is 0. The number of benzene rings is 3. The molecule has 0 unspecified atom stereocenters. The molecular formula is C28H25N3O4. The van der Waals surface area contributed by atoms with E-state index in [4.69, 9.17) is 9.47 Å². The van der Waals surface area contributed by atoms with Crippen molar-refractivity contribution in [2.75, 3.05) is 41.8 Å². The van der Waals surface area contributed by atoms with Crippen molar-refractivity contribution in [3.63, 3.8) is 0 Å². The van der Waals surface area contributed by atoms with Crippen LogP contribution in [-0.4, -0.2) is 38.1 Å². The predicted molar refractivity (Wildman–Crippen MR) is 137 cm³/mol. The second-order valence-corrected chi connectivity index (χ2v) is 8.16. The minimum atomic E-state index is -0.319. The minimum Gasteiger partial charge on any atom is -0.449 e. The van der Waals surface area contributed by atoms with Crippen LogP contribution >= 0.6 is 0 Å². The Labute approximate surface area is 203 Å². The number of rotatable bonds is 5. The van der Waals surface area contributed by atoms with Crippen molar-refractivity contribution in [3.8, 4) is 5.75 Å². The van der Waals surface area contributed by atoms with Gasteiger partial charge in [0.15, 0.2) is 11.5 Å². The lowest BCUT2D eigenvalue weighted by Gasteiger charge is -2.28. The van der Waals surface area contributed by atoms with Gasteiger partial charge in [-0.15, -0.1) is 0 Å². The first-order valence-corrected chi connectivity index (χ1v) is 11.5. The third kappa shape index (κ3) is 5.42. The number of morpholine rings is 1. The Balaban J connectivity index is 1.26. The number of nitrogens with one attached hydrogen (secondary N) is 2. The first kappa shape index (κ1) is 22.4. The van der Waals surface area contributed by atoms with Crippen molar-refractivity contribution in [1.29, 1.82) is 0 Å². The third-order valence-electron chi connectivity index (χ3n) is 5.79. The number of ether oxygens (including phenoxy) is 2. The number of carbonyl (C=O) groups excluding carboxylic acids is 2. The molecule has 2 heterocycles. The van der Waals surface area contributed by atoms with Gasteiger partial charge in [-0.1, -0.05) is 36.4 Å². The number of nitrogens with zero attached hydrogens (tertiary/aromatic N) is 1. The summed E-state index contributed by atoms with van der Waals surface area (Å²) in [4.78, 5) is 27.3. The third-order valence-corrected chi connectivity index (χ3v) is 5.79. The summed E-state index contributed by atoms with van der Waals surface area (Å²) in [7, 11) is 0. The predicted octanol–water partition coefficient (Wildman–Crippen LogP) is 4.55. The van der Waals surface area contributed by atoms with Gasteiger partial charge in [0.1, 0.15) is 0 Å². The summed E-state index contributed by atoms with van der Waals surface area (Å²) in [6.07, 6.45) is 4.87. The number of para-hydroxylation sites is 2. The molecular weight excluding hydrogens is 442 g/mol. The lowest BCUT2D eigenvalue weighted by molar-refractivity contribution is -0.115. The molecule has 176 valence electrons. The fourth-order valence-electron chi connectivity index (χ4n) is 3.96. The van der Waals surface area contributed by atoms with E-state index in [1.807, 2.05) is 60.7 Å². The number of hydrogen-bond donors (Lipinski definition) is 2. The number of hydrogen-bond acceptors (Lipinski definition) is 5. The molecule has 2 amide bonds. The molecule has 1 saturated heterocycles. The Bertz CT molecular complexity index is 1290. The Morgan fingerprint density at radius 3 is 2.43 bits per heavy atom. The first-order valence-electron chi connectivity index (χ1n) is 11.5. The van der Waals surface area contributed by atoms with Crippen LogP contribution in [0.3, 0.4) is 0 Å². The van der Waals surface area contributed by atoms with E-state index >= 15 is 0 Å². The normalized spacial score (nSPS) is 16.5. The topological polar surface area (TPSA) is 79.9 Å². The molecule has 0 radical (unpaired) electrons. The zero-order valence-electron chi connectivity index (χ0n) is 19.1. The summed E-state index contributed by atoms with van der Waals surface area (Å²) in [5.41, 5.74) is 4.01. The van der Waals surface area contributed by atoms with Crippen molar-refractivity contribution in [2.24, 2.45) is 0 Å². The van der Waals surface area contributed by atoms with Gasteiger partial charge in [0.05, 0.1) is 18.9 Å². The van der Waals surface area contributed by atoms with E-state index in [2.05, 4.69) is 15.5 Å². The molecule has 2 aliphatic rings. The smallest absolute Gasteiger partial charge is 0.291 e. The number of fused-ring (bicyclic) bond motifs is 1. The first-order chi connectivity index (χ1) is 17.2. The van der Waals surface area contributed by atoms with Gasteiger partial charge in [0.25, 0.3) is 5.91 Å². The molecule has 0 atom stereocenters. The number of anilines is 3. The van der Waals surface area contributed by atoms with E-state index < -0.39 is 0 Å². The molecule has 0 aliphatic carbocycles. The average molecular weight is 468 g/mol. The Hall–Kier alpha value is -4.36. The highest BCUT2D eigenvalue weighted by atomic mass is 16.5. The van der Waals surface area contributed by atoms with E-state index in [-0.39, 0.29) is 17.6 Å². The SMILES string of the molecule is O=C(/C=C/c1ccccc1/C=C1\Oc2ccccc2NC1=O)Nc1ccc(N2CCOCC2)cc1. The molecule has 0 saturated carbocycles. The maximum atomic E-state index is 12.5. The van der Waals surface area contributed by atoms with Crippen molar-refractivity contribution >= 4 is 41.0 Å². The van der Waals surface area contributed by atoms with Crippen LogP contribution in [0.1, 0.15) is 11.1 Å². The molecule has 5 rings (SSSR count). The van der Waals surface area contributed by atoms with Gasteiger partial charge in [-0.25, -0.2) is 0 Å². The molecule has 3 aromatic rings. The Morgan fingerprint density at radius 2 is 1.63 bits per heavy atom. The van der Waals surface area contributed by atoms with Crippen molar-refractivity contribution in [2.45, 2.75) is 0 Å². The zero-order chi connectivity index (χ0) is 24.0. The van der Waals surface area contributed by atoms with Crippen LogP contribution in [0.15, 0.2) is 84.6 Å². The standard InChI is InChI=1S/C28H25N3O4/c32-27(29-22-10-12-23(13-11-22)31-15-17-34-18-16-31)14-9-20-5-1-2-6-21(20)19-26-28(33)30-24-7-3-4-8-25(24)35-26/h1-14,19H,15-18H2,(H,29,32)(H,30,33)/b14-9+,26-19-. The Morgan fingerprint density at radius 1 is 0.914 bits per heavy atom. The fourth-order valence-corrected chi connectivity index (χ4v) is 3.96. The minimum absolute atomic E-state index is 0.189. The van der Waals surface area contributed by atoms with Gasteiger partial charge in [-0.3, -0.25) is 9.59 Å². The van der Waals surface area contributed by atoms with Crippen LogP contribution in [0.4, 0.5) is 17.1 Å². The largest absolute Gasteiger partial charge is 0.449 e. The molecule has 7 heteroatoms. The summed E-state index contributed by atoms with van der Waals surface area (Å²) in [5, 5.41) is 5.72. The molecule has 1 fully saturated rings. The zero-order valence-corrected chi connectivity index (χ0v) is 19.1. The van der Waals surface area contributed by atoms with Crippen LogP contribution in [0, 0.1) is 0 Å². The van der Waals surface area contributed by atoms with Crippen LogP contribution in [0.25, 0.3) is 12.2 Å². The molecule has 0 bridgehead atoms. The highest BCUT2D eigenvalue weighted by Gasteiger charge is 2.21. The maximum Gasteiger partial charge on any atom is 0.291 e. The van der Waals surface area contributed by atoms with Gasteiger partial charge in [0.2, 0.25) is 5.91 Å². The maximum absolute atomic E-state index is 12.5. The summed E-state index contributed by atoms with van der Waals surface area (Å²) in [5.74, 6) is 0.215. The van der Waals surface area contributed by atoms with Gasteiger partial charge < -0.3 is 25.0 Å². The van der Waals surface area contributed by atoms with Crippen LogP contribution in [0.2, 0.25) is 0 Å². The van der Waals surface area contributed by atoms with E-state index in [1.54, 1.807) is 24.3 Å². The quantitative estimate of drug-likeness (QED) is 0.539. The molecule has 3 aromatic carbocycles. The molecule has 0 aromatic heterocycles. The monoisotopic (exact) mass is 467 g/mol. The summed E-state index contributed by atoms with van der Waals surface area (Å²) in [6, 6.07) is 22.5. The highest BCUT2D eigenvalue weighted by molar-refractivity contribution is 6.08. The molecule has 2 aliphatic heterocycles. The van der Waals surface area contributed by atoms with E-state index in [0.29, 0.717) is 11.4 Å². The fraction of sp³-hybridized carbons (Fsp3) is 0.143. The van der Waals surface area contributed by atoms with Crippen molar-refractivity contribution in [1.82, 2.24) is 0 Å². The molecule has 35 heavy (non-hydrogen) atoms. The lowest BCUT2D eigenvalue weighted by Crippen LogP contribution is -2.36. The second kappa shape index (κ2) is 10.3.